The summed E-state index contributed by atoms with van der Waals surface area (Å²) < 4.78 is 0. The maximum Gasteiger partial charge on any atom is 0.272 e. The highest BCUT2D eigenvalue weighted by atomic mass is 16.3. The predicted molar refractivity (Wildman–Crippen MR) is 64.6 cm³/mol. The quantitative estimate of drug-likeness (QED) is 0.793. The smallest absolute Gasteiger partial charge is 0.272 e. The number of aliphatic hydroxyl groups excluding tert-OH is 1. The Hall–Kier alpha value is -1.93. The van der Waals surface area contributed by atoms with Crippen molar-refractivity contribution in [2.24, 2.45) is 5.92 Å². The Kier molecular flexibility index (Phi) is 3.58. The van der Waals surface area contributed by atoms with E-state index in [1.807, 2.05) is 13.0 Å². The van der Waals surface area contributed by atoms with E-state index in [0.29, 0.717) is 24.3 Å². The highest BCUT2D eigenvalue weighted by molar-refractivity contribution is 5.92. The number of rotatable bonds is 1. The Bertz CT molecular complexity index is 478. The number of pyridine rings is 1. The summed E-state index contributed by atoms with van der Waals surface area (Å²) in [4.78, 5) is 17.7. The average molecular weight is 245 g/mol. The minimum absolute atomic E-state index is 0.189. The molecule has 5 nitrogen and oxygen atoms in total. The van der Waals surface area contributed by atoms with Crippen molar-refractivity contribution < 1.29 is 9.90 Å². The van der Waals surface area contributed by atoms with Crippen LogP contribution in [0, 0.1) is 17.2 Å². The summed E-state index contributed by atoms with van der Waals surface area (Å²) in [6.07, 6.45) is 1.71. The third-order valence-corrected chi connectivity index (χ3v) is 3.32. The Morgan fingerprint density at radius 1 is 1.61 bits per heavy atom. The lowest BCUT2D eigenvalue weighted by atomic mass is 9.96. The van der Waals surface area contributed by atoms with E-state index in [2.05, 4.69) is 4.98 Å². The van der Waals surface area contributed by atoms with Crippen LogP contribution in [0.25, 0.3) is 0 Å². The Morgan fingerprint density at radius 2 is 2.39 bits per heavy atom. The summed E-state index contributed by atoms with van der Waals surface area (Å²) in [7, 11) is 0. The number of amides is 1. The van der Waals surface area contributed by atoms with Crippen molar-refractivity contribution in [1.29, 1.82) is 5.26 Å². The molecule has 2 rings (SSSR count). The van der Waals surface area contributed by atoms with Gasteiger partial charge in [0.25, 0.3) is 5.91 Å². The monoisotopic (exact) mass is 245 g/mol. The van der Waals surface area contributed by atoms with Gasteiger partial charge < -0.3 is 10.0 Å². The molecule has 1 aliphatic heterocycles. The van der Waals surface area contributed by atoms with Gasteiger partial charge in [-0.1, -0.05) is 6.92 Å². The number of nitrogens with zero attached hydrogens (tertiary/aromatic N) is 3. The predicted octanol–water partition coefficient (Wildman–Crippen LogP) is 0.796. The van der Waals surface area contributed by atoms with Gasteiger partial charge in [0.2, 0.25) is 0 Å². The van der Waals surface area contributed by atoms with Gasteiger partial charge in [-0.05, 0) is 24.5 Å². The first kappa shape index (κ1) is 12.5. The Balaban J connectivity index is 2.09. The number of aliphatic hydroxyl groups is 1. The second-order valence-corrected chi connectivity index (χ2v) is 4.63. The SMILES string of the molecule is CC1CCN(C(=O)c2ccc(C#N)cn2)CC1O. The number of aromatic nitrogens is 1. The first-order valence-corrected chi connectivity index (χ1v) is 5.95. The summed E-state index contributed by atoms with van der Waals surface area (Å²) in [5.41, 5.74) is 0.745. The second kappa shape index (κ2) is 5.15. The van der Waals surface area contributed by atoms with Crippen molar-refractivity contribution in [2.75, 3.05) is 13.1 Å². The van der Waals surface area contributed by atoms with Crippen LogP contribution in [0.3, 0.4) is 0 Å². The molecule has 0 aliphatic carbocycles. The van der Waals surface area contributed by atoms with Crippen molar-refractivity contribution in [3.63, 3.8) is 0 Å². The molecule has 0 aromatic carbocycles. The van der Waals surface area contributed by atoms with E-state index >= 15 is 0 Å². The fourth-order valence-electron chi connectivity index (χ4n) is 1.98. The highest BCUT2D eigenvalue weighted by Crippen LogP contribution is 2.18. The minimum atomic E-state index is -0.471. The highest BCUT2D eigenvalue weighted by Gasteiger charge is 2.28. The molecule has 18 heavy (non-hydrogen) atoms. The van der Waals surface area contributed by atoms with Crippen LogP contribution in [0.4, 0.5) is 0 Å². The molecule has 1 fully saturated rings. The van der Waals surface area contributed by atoms with E-state index in [-0.39, 0.29) is 11.8 Å². The third kappa shape index (κ3) is 2.49. The van der Waals surface area contributed by atoms with Gasteiger partial charge in [-0.15, -0.1) is 0 Å². The van der Waals surface area contributed by atoms with E-state index < -0.39 is 6.10 Å². The number of piperidine rings is 1. The zero-order valence-electron chi connectivity index (χ0n) is 10.2. The van der Waals surface area contributed by atoms with Crippen molar-refractivity contribution in [3.05, 3.63) is 29.6 Å². The molecular weight excluding hydrogens is 230 g/mol. The molecule has 1 N–H and O–H groups in total. The Morgan fingerprint density at radius 3 is 2.94 bits per heavy atom. The number of likely N-dealkylation sites (tertiary alicyclic amines) is 1. The number of carbonyl (C=O) groups is 1. The van der Waals surface area contributed by atoms with Crippen molar-refractivity contribution in [3.8, 4) is 6.07 Å². The van der Waals surface area contributed by atoms with E-state index in [9.17, 15) is 9.90 Å². The molecule has 1 saturated heterocycles. The van der Waals surface area contributed by atoms with E-state index in [4.69, 9.17) is 5.26 Å². The van der Waals surface area contributed by atoms with Crippen LogP contribution >= 0.6 is 0 Å². The molecule has 0 saturated carbocycles. The lowest BCUT2D eigenvalue weighted by Gasteiger charge is -2.34. The van der Waals surface area contributed by atoms with Crippen LogP contribution in [0.1, 0.15) is 29.4 Å². The summed E-state index contributed by atoms with van der Waals surface area (Å²) in [6.45, 7) is 2.97. The molecule has 1 aromatic heterocycles. The number of hydrogen-bond acceptors (Lipinski definition) is 4. The third-order valence-electron chi connectivity index (χ3n) is 3.32. The fraction of sp³-hybridized carbons (Fsp3) is 0.462. The molecule has 0 bridgehead atoms. The summed E-state index contributed by atoms with van der Waals surface area (Å²) in [5.74, 6) is 0.0356. The van der Waals surface area contributed by atoms with Crippen molar-refractivity contribution in [1.82, 2.24) is 9.88 Å². The van der Waals surface area contributed by atoms with Crippen LogP contribution < -0.4 is 0 Å². The minimum Gasteiger partial charge on any atom is -0.391 e. The number of hydrogen-bond donors (Lipinski definition) is 1. The topological polar surface area (TPSA) is 77.2 Å². The number of carbonyl (C=O) groups excluding carboxylic acids is 1. The van der Waals surface area contributed by atoms with Crippen LogP contribution in [0.15, 0.2) is 18.3 Å². The van der Waals surface area contributed by atoms with E-state index in [1.54, 1.807) is 17.0 Å². The molecule has 1 aromatic rings. The normalized spacial score (nSPS) is 23.5. The molecule has 2 heterocycles. The van der Waals surface area contributed by atoms with E-state index in [0.717, 1.165) is 6.42 Å². The van der Waals surface area contributed by atoms with Gasteiger partial charge in [-0.25, -0.2) is 4.98 Å². The van der Waals surface area contributed by atoms with Gasteiger partial charge >= 0.3 is 0 Å². The van der Waals surface area contributed by atoms with Gasteiger partial charge in [0.05, 0.1) is 11.7 Å². The first-order chi connectivity index (χ1) is 8.61. The molecule has 1 amide bonds. The van der Waals surface area contributed by atoms with Gasteiger partial charge in [-0.2, -0.15) is 5.26 Å². The van der Waals surface area contributed by atoms with Crippen LogP contribution in [0.2, 0.25) is 0 Å². The molecule has 2 atom stereocenters. The van der Waals surface area contributed by atoms with Crippen LogP contribution in [0.5, 0.6) is 0 Å². The maximum atomic E-state index is 12.1. The number of β-amino-alcohol motifs (C(OH)–C–C–N with tert-alkyl or cyclic N) is 1. The lowest BCUT2D eigenvalue weighted by molar-refractivity contribution is 0.0245. The standard InChI is InChI=1S/C13H15N3O2/c1-9-4-5-16(8-12(9)17)13(18)11-3-2-10(6-14)7-15-11/h2-3,7,9,12,17H,4-5,8H2,1H3. The summed E-state index contributed by atoms with van der Waals surface area (Å²) in [5, 5.41) is 18.4. The molecule has 1 aliphatic rings. The van der Waals surface area contributed by atoms with E-state index in [1.165, 1.54) is 6.20 Å². The van der Waals surface area contributed by atoms with Crippen molar-refractivity contribution >= 4 is 5.91 Å². The Labute approximate surface area is 106 Å². The van der Waals surface area contributed by atoms with Gasteiger partial charge in [0.1, 0.15) is 11.8 Å². The van der Waals surface area contributed by atoms with Gasteiger partial charge in [0, 0.05) is 19.3 Å². The molecule has 0 spiro atoms. The van der Waals surface area contributed by atoms with Gasteiger partial charge in [-0.3, -0.25) is 4.79 Å². The molecule has 5 heteroatoms. The van der Waals surface area contributed by atoms with Crippen LogP contribution in [-0.4, -0.2) is 40.1 Å². The first-order valence-electron chi connectivity index (χ1n) is 5.95. The zero-order valence-corrected chi connectivity index (χ0v) is 10.2. The summed E-state index contributed by atoms with van der Waals surface area (Å²) in [6, 6.07) is 5.08. The van der Waals surface area contributed by atoms with Gasteiger partial charge in [0.15, 0.2) is 0 Å². The number of nitriles is 1. The molecule has 94 valence electrons. The zero-order chi connectivity index (χ0) is 13.1. The largest absolute Gasteiger partial charge is 0.391 e. The molecule has 0 radical (unpaired) electrons. The van der Waals surface area contributed by atoms with Crippen LogP contribution in [-0.2, 0) is 0 Å². The second-order valence-electron chi connectivity index (χ2n) is 4.63. The summed E-state index contributed by atoms with van der Waals surface area (Å²) >= 11 is 0. The average Bonchev–Trinajstić information content (AvgIpc) is 2.41. The lowest BCUT2D eigenvalue weighted by Crippen LogP contribution is -2.46. The molecular formula is C13H15N3O2. The molecule has 2 unspecified atom stereocenters. The van der Waals surface area contributed by atoms with Crippen molar-refractivity contribution in [2.45, 2.75) is 19.4 Å². The fourth-order valence-corrected chi connectivity index (χ4v) is 1.98. The maximum absolute atomic E-state index is 12.1.